The van der Waals surface area contributed by atoms with E-state index in [2.05, 4.69) is 26.2 Å². The van der Waals surface area contributed by atoms with Gasteiger partial charge in [-0.15, -0.1) is 22.0 Å². The summed E-state index contributed by atoms with van der Waals surface area (Å²) in [6.45, 7) is 0.253. The molecule has 164 valence electrons. The molecule has 1 aromatic heterocycles. The number of halogens is 1. The fraction of sp³-hybridized carbons (Fsp3) is 0.273. The Morgan fingerprint density at radius 3 is 2.75 bits per heavy atom. The van der Waals surface area contributed by atoms with Gasteiger partial charge in [-0.25, -0.2) is 0 Å². The van der Waals surface area contributed by atoms with Gasteiger partial charge in [0.15, 0.2) is 11.0 Å². The molecule has 0 atom stereocenters. The molecule has 0 bridgehead atoms. The summed E-state index contributed by atoms with van der Waals surface area (Å²) in [5, 5.41) is 21.6. The number of aromatic nitrogens is 3. The van der Waals surface area contributed by atoms with Crippen molar-refractivity contribution < 1.29 is 9.53 Å². The number of thioether (sulfide) groups is 2. The Morgan fingerprint density at radius 2 is 1.97 bits per heavy atom. The lowest BCUT2D eigenvalue weighted by molar-refractivity contribution is -0.113. The summed E-state index contributed by atoms with van der Waals surface area (Å²) in [4.78, 5) is 13.4. The van der Waals surface area contributed by atoms with E-state index in [-0.39, 0.29) is 18.3 Å². The van der Waals surface area contributed by atoms with Crippen LogP contribution in [0.1, 0.15) is 24.7 Å². The first-order chi connectivity index (χ1) is 15.7. The molecule has 1 aliphatic carbocycles. The number of carbonyl (C=O) groups is 1. The molecule has 10 heteroatoms. The van der Waals surface area contributed by atoms with Crippen molar-refractivity contribution in [1.82, 2.24) is 14.8 Å². The molecule has 1 fully saturated rings. The highest BCUT2D eigenvalue weighted by atomic mass is 35.5. The third-order valence-corrected chi connectivity index (χ3v) is 6.82. The number of anilines is 1. The van der Waals surface area contributed by atoms with Crippen LogP contribution < -0.4 is 10.1 Å². The van der Waals surface area contributed by atoms with Crippen LogP contribution >= 0.6 is 35.1 Å². The maximum atomic E-state index is 12.6. The zero-order valence-corrected chi connectivity index (χ0v) is 19.4. The molecule has 0 aliphatic heterocycles. The normalized spacial score (nSPS) is 12.9. The molecule has 4 rings (SSSR count). The van der Waals surface area contributed by atoms with E-state index < -0.39 is 0 Å². The predicted octanol–water partition coefficient (Wildman–Crippen LogP) is 5.19. The van der Waals surface area contributed by atoms with Crippen molar-refractivity contribution in [3.05, 3.63) is 59.4 Å². The minimum Gasteiger partial charge on any atom is -0.484 e. The molecular weight excluding hydrogens is 466 g/mol. The maximum Gasteiger partial charge on any atom is 0.234 e. The molecule has 1 heterocycles. The zero-order valence-electron chi connectivity index (χ0n) is 17.0. The predicted molar refractivity (Wildman–Crippen MR) is 126 cm³/mol. The van der Waals surface area contributed by atoms with Crippen LogP contribution in [0.25, 0.3) is 0 Å². The highest BCUT2D eigenvalue weighted by molar-refractivity contribution is 8.00. The maximum absolute atomic E-state index is 12.6. The standard InChI is InChI=1S/C22H20ClN5O2S2/c23-16-5-1-3-7-18(16)30-13-20-26-27-22(28(20)15-9-10-15)32-14-21(29)25-17-6-2-4-8-19(17)31-12-11-24/h1-8,15H,9-10,12-14H2,(H,25,29). The highest BCUT2D eigenvalue weighted by Crippen LogP contribution is 2.39. The number of hydrogen-bond acceptors (Lipinski definition) is 7. The second-order valence-electron chi connectivity index (χ2n) is 7.00. The fourth-order valence-electron chi connectivity index (χ4n) is 3.03. The largest absolute Gasteiger partial charge is 0.484 e. The van der Waals surface area contributed by atoms with Gasteiger partial charge in [0.2, 0.25) is 5.91 Å². The number of hydrogen-bond donors (Lipinski definition) is 1. The van der Waals surface area contributed by atoms with E-state index in [4.69, 9.17) is 21.6 Å². The van der Waals surface area contributed by atoms with Gasteiger partial charge < -0.3 is 10.1 Å². The average molecular weight is 486 g/mol. The number of rotatable bonds is 10. The molecule has 32 heavy (non-hydrogen) atoms. The summed E-state index contributed by atoms with van der Waals surface area (Å²) >= 11 is 8.91. The lowest BCUT2D eigenvalue weighted by atomic mass is 10.3. The van der Waals surface area contributed by atoms with Crippen molar-refractivity contribution in [1.29, 1.82) is 5.26 Å². The lowest BCUT2D eigenvalue weighted by Gasteiger charge is -2.11. The summed E-state index contributed by atoms with van der Waals surface area (Å²) in [6.07, 6.45) is 2.11. The Morgan fingerprint density at radius 1 is 1.19 bits per heavy atom. The van der Waals surface area contributed by atoms with E-state index >= 15 is 0 Å². The number of nitriles is 1. The number of carbonyl (C=O) groups excluding carboxylic acids is 1. The van der Waals surface area contributed by atoms with Crippen molar-refractivity contribution in [3.63, 3.8) is 0 Å². The minimum absolute atomic E-state index is 0.140. The van der Waals surface area contributed by atoms with Crippen LogP contribution in [0.4, 0.5) is 5.69 Å². The quantitative estimate of drug-likeness (QED) is 0.395. The summed E-state index contributed by atoms with van der Waals surface area (Å²) in [5.74, 6) is 1.70. The molecule has 3 aromatic rings. The van der Waals surface area contributed by atoms with E-state index in [1.807, 2.05) is 42.5 Å². The van der Waals surface area contributed by atoms with Gasteiger partial charge in [0.1, 0.15) is 12.4 Å². The molecule has 0 radical (unpaired) electrons. The summed E-state index contributed by atoms with van der Waals surface area (Å²) < 4.78 is 7.90. The monoisotopic (exact) mass is 485 g/mol. The molecule has 1 aliphatic rings. The second-order valence-corrected chi connectivity index (χ2v) is 9.37. The van der Waals surface area contributed by atoms with E-state index in [1.165, 1.54) is 23.5 Å². The fourth-order valence-corrected chi connectivity index (χ4v) is 4.71. The molecule has 1 amide bonds. The van der Waals surface area contributed by atoms with Gasteiger partial charge in [-0.05, 0) is 37.1 Å². The molecule has 0 spiro atoms. The number of nitrogens with one attached hydrogen (secondary N) is 1. The lowest BCUT2D eigenvalue weighted by Crippen LogP contribution is -2.15. The SMILES string of the molecule is N#CCSc1ccccc1NC(=O)CSc1nnc(COc2ccccc2Cl)n1C1CC1. The van der Waals surface area contributed by atoms with E-state index in [1.54, 1.807) is 6.07 Å². The van der Waals surface area contributed by atoms with Crippen molar-refractivity contribution >= 4 is 46.7 Å². The summed E-state index contributed by atoms with van der Waals surface area (Å²) in [6, 6.07) is 17.2. The summed E-state index contributed by atoms with van der Waals surface area (Å²) in [5.41, 5.74) is 0.704. The summed E-state index contributed by atoms with van der Waals surface area (Å²) in [7, 11) is 0. The van der Waals surface area contributed by atoms with Crippen LogP contribution in [0, 0.1) is 11.3 Å². The molecule has 2 aromatic carbocycles. The van der Waals surface area contributed by atoms with E-state index in [0.29, 0.717) is 39.2 Å². The highest BCUT2D eigenvalue weighted by Gasteiger charge is 2.30. The average Bonchev–Trinajstić information content (AvgIpc) is 3.56. The third-order valence-electron chi connectivity index (χ3n) is 4.63. The molecule has 0 unspecified atom stereocenters. The molecular formula is C22H20ClN5O2S2. The van der Waals surface area contributed by atoms with Crippen molar-refractivity contribution in [2.45, 2.75) is 35.5 Å². The van der Waals surface area contributed by atoms with Gasteiger partial charge in [-0.2, -0.15) is 5.26 Å². The molecule has 1 N–H and O–H groups in total. The zero-order chi connectivity index (χ0) is 22.3. The van der Waals surface area contributed by atoms with Crippen LogP contribution in [0.2, 0.25) is 5.02 Å². The Labute approximate surface area is 199 Å². The van der Waals surface area contributed by atoms with Gasteiger partial charge in [-0.3, -0.25) is 9.36 Å². The Hall–Kier alpha value is -2.67. The Kier molecular flexibility index (Phi) is 7.58. The van der Waals surface area contributed by atoms with Crippen LogP contribution in [0.5, 0.6) is 5.75 Å². The number of amides is 1. The topological polar surface area (TPSA) is 92.8 Å². The smallest absolute Gasteiger partial charge is 0.234 e. The van der Waals surface area contributed by atoms with E-state index in [9.17, 15) is 4.79 Å². The third kappa shape index (κ3) is 5.76. The number of para-hydroxylation sites is 2. The number of ether oxygens (including phenoxy) is 1. The second kappa shape index (κ2) is 10.8. The first kappa shape index (κ1) is 22.5. The molecule has 7 nitrogen and oxygen atoms in total. The van der Waals surface area contributed by atoms with E-state index in [0.717, 1.165) is 17.7 Å². The van der Waals surface area contributed by atoms with Crippen LogP contribution in [0.3, 0.4) is 0 Å². The molecule has 0 saturated heterocycles. The Balaban J connectivity index is 1.38. The van der Waals surface area contributed by atoms with Crippen molar-refractivity contribution in [3.8, 4) is 11.8 Å². The van der Waals surface area contributed by atoms with Crippen LogP contribution in [0.15, 0.2) is 58.6 Å². The van der Waals surface area contributed by atoms with Gasteiger partial charge >= 0.3 is 0 Å². The first-order valence-electron chi connectivity index (χ1n) is 9.98. The van der Waals surface area contributed by atoms with Gasteiger partial charge in [0.05, 0.1) is 28.3 Å². The van der Waals surface area contributed by atoms with Crippen molar-refractivity contribution in [2.75, 3.05) is 16.8 Å². The number of benzene rings is 2. The Bertz CT molecular complexity index is 1140. The van der Waals surface area contributed by atoms with Crippen LogP contribution in [-0.2, 0) is 11.4 Å². The van der Waals surface area contributed by atoms with Gasteiger partial charge in [0, 0.05) is 10.9 Å². The molecule has 1 saturated carbocycles. The minimum atomic E-state index is -0.140. The van der Waals surface area contributed by atoms with Gasteiger partial charge in [0.25, 0.3) is 0 Å². The van der Waals surface area contributed by atoms with Crippen LogP contribution in [-0.4, -0.2) is 32.2 Å². The number of nitrogens with zero attached hydrogens (tertiary/aromatic N) is 4. The van der Waals surface area contributed by atoms with Crippen molar-refractivity contribution in [2.24, 2.45) is 0 Å². The first-order valence-corrected chi connectivity index (χ1v) is 12.3. The van der Waals surface area contributed by atoms with Gasteiger partial charge in [-0.1, -0.05) is 47.6 Å².